The Labute approximate surface area is 125 Å². The molecular weight excluding hydrogens is 271 g/mol. The molecule has 2 fully saturated rings. The Bertz CT molecular complexity index is 478. The van der Waals surface area contributed by atoms with Gasteiger partial charge in [0.2, 0.25) is 0 Å². The molecule has 0 aromatic heterocycles. The number of aliphatic hydroxyl groups is 1. The third kappa shape index (κ3) is 3.15. The van der Waals surface area contributed by atoms with Gasteiger partial charge in [-0.1, -0.05) is 30.3 Å². The summed E-state index contributed by atoms with van der Waals surface area (Å²) in [6.45, 7) is 5.81. The molecule has 114 valence electrons. The molecule has 1 aromatic rings. The Kier molecular flexibility index (Phi) is 4.07. The van der Waals surface area contributed by atoms with E-state index in [1.54, 1.807) is 6.92 Å². The molecule has 2 aliphatic rings. The van der Waals surface area contributed by atoms with Crippen molar-refractivity contribution in [2.75, 3.05) is 6.61 Å². The number of rotatable bonds is 3. The molecule has 0 amide bonds. The van der Waals surface area contributed by atoms with Crippen molar-refractivity contribution in [3.05, 3.63) is 30.3 Å². The molecule has 1 N–H and O–H groups in total. The second-order valence-corrected chi connectivity index (χ2v) is 6.06. The van der Waals surface area contributed by atoms with Gasteiger partial charge in [-0.3, -0.25) is 0 Å². The average Bonchev–Trinajstić information content (AvgIpc) is 3.04. The lowest BCUT2D eigenvalue weighted by molar-refractivity contribution is -0.158. The van der Waals surface area contributed by atoms with Gasteiger partial charge in [-0.05, 0) is 26.2 Å². The summed E-state index contributed by atoms with van der Waals surface area (Å²) in [5.41, 5.74) is 0.978. The fraction of sp³-hybridized carbons (Fsp3) is 0.600. The quantitative estimate of drug-likeness (QED) is 0.831. The fourth-order valence-corrected chi connectivity index (χ4v) is 2.85. The molecule has 2 aliphatic heterocycles. The van der Waals surface area contributed by atoms with Gasteiger partial charge in [0.05, 0.1) is 18.8 Å². The molecule has 2 saturated heterocycles. The minimum Gasteiger partial charge on any atom is -0.405 e. The van der Waals surface area contributed by atoms with Gasteiger partial charge in [0, 0.05) is 0 Å². The van der Waals surface area contributed by atoms with Crippen molar-refractivity contribution in [3.8, 4) is 0 Å². The van der Waals surface area contributed by atoms with E-state index in [1.807, 2.05) is 44.2 Å². The maximum atomic E-state index is 9.90. The van der Waals surface area contributed by atoms with Gasteiger partial charge in [0.25, 0.3) is 0 Å². The SMILES string of the molecule is C[C@H](O)[C@@H]1OC(C)(C)O[C@H]1[C@@H]1COB(c2ccccc2)O1. The largest absolute Gasteiger partial charge is 0.494 e. The molecular formula is C15H21BO5. The van der Waals surface area contributed by atoms with E-state index in [0.717, 1.165) is 5.46 Å². The molecule has 0 aliphatic carbocycles. The number of benzene rings is 1. The standard InChI is InChI=1S/C15H21BO5/c1-10(17)13-14(20-15(2,3)19-13)12-9-18-16(21-12)11-7-5-4-6-8-11/h4-8,10,12-14,17H,9H2,1-3H3/t10-,12-,13-,14-/m0/s1. The van der Waals surface area contributed by atoms with Crippen LogP contribution in [-0.2, 0) is 18.8 Å². The van der Waals surface area contributed by atoms with Crippen LogP contribution in [0.1, 0.15) is 20.8 Å². The topological polar surface area (TPSA) is 57.2 Å². The van der Waals surface area contributed by atoms with Gasteiger partial charge in [-0.15, -0.1) is 0 Å². The van der Waals surface area contributed by atoms with Crippen LogP contribution in [0.5, 0.6) is 0 Å². The van der Waals surface area contributed by atoms with Crippen LogP contribution in [0.2, 0.25) is 0 Å². The van der Waals surface area contributed by atoms with Crippen LogP contribution in [0.3, 0.4) is 0 Å². The summed E-state index contributed by atoms with van der Waals surface area (Å²) in [5.74, 6) is -0.722. The van der Waals surface area contributed by atoms with E-state index >= 15 is 0 Å². The number of ether oxygens (including phenoxy) is 2. The minimum absolute atomic E-state index is 0.253. The van der Waals surface area contributed by atoms with Crippen LogP contribution in [0, 0.1) is 0 Å². The van der Waals surface area contributed by atoms with Crippen molar-refractivity contribution in [2.45, 2.75) is 51.0 Å². The van der Waals surface area contributed by atoms with E-state index in [1.165, 1.54) is 0 Å². The summed E-state index contributed by atoms with van der Waals surface area (Å²) in [6, 6.07) is 9.79. The zero-order valence-corrected chi connectivity index (χ0v) is 12.6. The first kappa shape index (κ1) is 15.0. The van der Waals surface area contributed by atoms with Gasteiger partial charge in [0.15, 0.2) is 5.79 Å². The molecule has 6 heteroatoms. The summed E-state index contributed by atoms with van der Waals surface area (Å²) in [7, 11) is -0.391. The molecule has 2 heterocycles. The van der Waals surface area contributed by atoms with Gasteiger partial charge in [-0.2, -0.15) is 0 Å². The van der Waals surface area contributed by atoms with Crippen molar-refractivity contribution < 1.29 is 23.9 Å². The second kappa shape index (κ2) is 5.70. The third-order valence-corrected chi connectivity index (χ3v) is 3.79. The smallest absolute Gasteiger partial charge is 0.405 e. The molecule has 0 spiro atoms. The molecule has 21 heavy (non-hydrogen) atoms. The van der Waals surface area contributed by atoms with Crippen molar-refractivity contribution in [1.82, 2.24) is 0 Å². The lowest BCUT2D eigenvalue weighted by Crippen LogP contribution is -2.43. The van der Waals surface area contributed by atoms with E-state index in [2.05, 4.69) is 0 Å². The summed E-state index contributed by atoms with van der Waals surface area (Å²) in [6.07, 6.45) is -1.63. The Balaban J connectivity index is 1.70. The Morgan fingerprint density at radius 2 is 1.95 bits per heavy atom. The van der Waals surface area contributed by atoms with E-state index in [0.29, 0.717) is 6.61 Å². The molecule has 5 nitrogen and oxygen atoms in total. The summed E-state index contributed by atoms with van der Waals surface area (Å²) in [4.78, 5) is 0. The van der Waals surface area contributed by atoms with E-state index in [9.17, 15) is 5.11 Å². The molecule has 0 bridgehead atoms. The maximum absolute atomic E-state index is 9.90. The average molecular weight is 292 g/mol. The number of hydrogen-bond donors (Lipinski definition) is 1. The molecule has 0 unspecified atom stereocenters. The highest BCUT2D eigenvalue weighted by Gasteiger charge is 2.50. The molecule has 0 saturated carbocycles. The van der Waals surface area contributed by atoms with E-state index in [4.69, 9.17) is 18.8 Å². The number of aliphatic hydroxyl groups excluding tert-OH is 1. The van der Waals surface area contributed by atoms with Crippen LogP contribution in [-0.4, -0.2) is 49.0 Å². The first-order valence-corrected chi connectivity index (χ1v) is 7.32. The predicted octanol–water partition coefficient (Wildman–Crippen LogP) is 0.698. The van der Waals surface area contributed by atoms with Crippen molar-refractivity contribution in [1.29, 1.82) is 0 Å². The van der Waals surface area contributed by atoms with Crippen LogP contribution in [0.25, 0.3) is 0 Å². The van der Waals surface area contributed by atoms with E-state index in [-0.39, 0.29) is 12.2 Å². The van der Waals surface area contributed by atoms with Crippen LogP contribution >= 0.6 is 0 Å². The maximum Gasteiger partial charge on any atom is 0.494 e. The highest BCUT2D eigenvalue weighted by atomic mass is 16.8. The summed E-state index contributed by atoms with van der Waals surface area (Å²) < 4.78 is 23.4. The van der Waals surface area contributed by atoms with E-state index < -0.39 is 25.1 Å². The Morgan fingerprint density at radius 3 is 2.62 bits per heavy atom. The molecule has 3 rings (SSSR count). The van der Waals surface area contributed by atoms with Crippen LogP contribution < -0.4 is 5.46 Å². The van der Waals surface area contributed by atoms with Crippen LogP contribution in [0.15, 0.2) is 30.3 Å². The lowest BCUT2D eigenvalue weighted by Gasteiger charge is -2.23. The van der Waals surface area contributed by atoms with Gasteiger partial charge in [0.1, 0.15) is 12.2 Å². The first-order valence-electron chi connectivity index (χ1n) is 7.32. The molecule has 4 atom stereocenters. The van der Waals surface area contributed by atoms with Gasteiger partial charge in [-0.25, -0.2) is 0 Å². The summed E-state index contributed by atoms with van der Waals surface area (Å²) in [5, 5.41) is 9.90. The zero-order valence-electron chi connectivity index (χ0n) is 12.6. The van der Waals surface area contributed by atoms with Gasteiger partial charge >= 0.3 is 7.12 Å². The first-order chi connectivity index (χ1) is 9.96. The third-order valence-electron chi connectivity index (χ3n) is 3.79. The Morgan fingerprint density at radius 1 is 1.24 bits per heavy atom. The Hall–Kier alpha value is -0.915. The van der Waals surface area contributed by atoms with Crippen molar-refractivity contribution in [3.63, 3.8) is 0 Å². The molecule has 1 aromatic carbocycles. The lowest BCUT2D eigenvalue weighted by atomic mass is 9.79. The zero-order chi connectivity index (χ0) is 15.0. The highest BCUT2D eigenvalue weighted by molar-refractivity contribution is 6.61. The van der Waals surface area contributed by atoms with Crippen molar-refractivity contribution >= 4 is 12.6 Å². The molecule has 0 radical (unpaired) electrons. The number of hydrogen-bond acceptors (Lipinski definition) is 5. The van der Waals surface area contributed by atoms with Crippen molar-refractivity contribution in [2.24, 2.45) is 0 Å². The fourth-order valence-electron chi connectivity index (χ4n) is 2.85. The highest BCUT2D eigenvalue weighted by Crippen LogP contribution is 2.34. The monoisotopic (exact) mass is 292 g/mol. The normalized spacial score (nSPS) is 33.3. The van der Waals surface area contributed by atoms with Crippen LogP contribution in [0.4, 0.5) is 0 Å². The van der Waals surface area contributed by atoms with Gasteiger partial charge < -0.3 is 23.9 Å². The second-order valence-electron chi connectivity index (χ2n) is 6.06. The minimum atomic E-state index is -0.722. The summed E-state index contributed by atoms with van der Waals surface area (Å²) >= 11 is 0. The predicted molar refractivity (Wildman–Crippen MR) is 78.2 cm³/mol.